The molecular formula is C19H27N5O. The van der Waals surface area contributed by atoms with Gasteiger partial charge in [0.1, 0.15) is 0 Å². The smallest absolute Gasteiger partial charge is 0.220 e. The Morgan fingerprint density at radius 2 is 1.80 bits per heavy atom. The van der Waals surface area contributed by atoms with Crippen molar-refractivity contribution in [1.82, 2.24) is 4.90 Å². The quantitative estimate of drug-likeness (QED) is 0.673. The molecule has 2 aliphatic rings. The Balaban J connectivity index is 1.55. The standard InChI is InChI=1S/C19H27N5O/c1-15(2)7-8-21-19(20)22-16-3-5-17(6-4-16)23-9-11-24(12-10-23)18-13-25-14-18/h3-8,18H,9-14H2,1-2H3,(H2,20,22)/b21-8+. The summed E-state index contributed by atoms with van der Waals surface area (Å²) >= 11 is 0. The van der Waals surface area contributed by atoms with Crippen molar-refractivity contribution in [2.24, 2.45) is 15.7 Å². The number of allylic oxidation sites excluding steroid dienone is 2. The van der Waals surface area contributed by atoms with E-state index in [9.17, 15) is 0 Å². The van der Waals surface area contributed by atoms with Gasteiger partial charge in [-0.1, -0.05) is 5.57 Å². The number of benzene rings is 1. The minimum Gasteiger partial charge on any atom is -0.378 e. The second kappa shape index (κ2) is 8.27. The fourth-order valence-corrected chi connectivity index (χ4v) is 2.94. The second-order valence-electron chi connectivity index (χ2n) is 6.72. The van der Waals surface area contributed by atoms with E-state index in [0.717, 1.165) is 45.1 Å². The average molecular weight is 341 g/mol. The molecule has 25 heavy (non-hydrogen) atoms. The van der Waals surface area contributed by atoms with Crippen LogP contribution in [-0.2, 0) is 4.74 Å². The third kappa shape index (κ3) is 4.90. The largest absolute Gasteiger partial charge is 0.378 e. The van der Waals surface area contributed by atoms with Gasteiger partial charge in [0, 0.05) is 38.1 Å². The van der Waals surface area contributed by atoms with E-state index in [-0.39, 0.29) is 5.96 Å². The molecule has 6 nitrogen and oxygen atoms in total. The van der Waals surface area contributed by atoms with E-state index in [2.05, 4.69) is 31.9 Å². The number of aliphatic imine (C=N–C) groups is 2. The first-order valence-electron chi connectivity index (χ1n) is 8.80. The van der Waals surface area contributed by atoms with Crippen LogP contribution < -0.4 is 10.6 Å². The molecule has 134 valence electrons. The summed E-state index contributed by atoms with van der Waals surface area (Å²) in [5.41, 5.74) is 9.06. The summed E-state index contributed by atoms with van der Waals surface area (Å²) in [6.07, 6.45) is 3.58. The molecule has 0 atom stereocenters. The van der Waals surface area contributed by atoms with Crippen molar-refractivity contribution < 1.29 is 4.74 Å². The Labute approximate surface area is 149 Å². The summed E-state index contributed by atoms with van der Waals surface area (Å²) in [6.45, 7) is 10.1. The third-order valence-corrected chi connectivity index (χ3v) is 4.52. The molecule has 2 aliphatic heterocycles. The van der Waals surface area contributed by atoms with Crippen molar-refractivity contribution >= 4 is 23.5 Å². The van der Waals surface area contributed by atoms with Gasteiger partial charge in [-0.15, -0.1) is 0 Å². The number of guanidine groups is 1. The van der Waals surface area contributed by atoms with Crippen molar-refractivity contribution in [2.75, 3.05) is 44.3 Å². The van der Waals surface area contributed by atoms with Crippen LogP contribution in [0.2, 0.25) is 0 Å². The molecule has 3 rings (SSSR count). The molecule has 1 aromatic rings. The molecule has 0 radical (unpaired) electrons. The molecule has 1 aromatic carbocycles. The van der Waals surface area contributed by atoms with E-state index < -0.39 is 0 Å². The lowest BCUT2D eigenvalue weighted by molar-refractivity contribution is -0.0660. The minimum atomic E-state index is 0.265. The highest BCUT2D eigenvalue weighted by atomic mass is 16.5. The Bertz CT molecular complexity index is 649. The van der Waals surface area contributed by atoms with Crippen molar-refractivity contribution in [3.63, 3.8) is 0 Å². The summed E-state index contributed by atoms with van der Waals surface area (Å²) in [6, 6.07) is 8.83. The van der Waals surface area contributed by atoms with Crippen LogP contribution in [0.5, 0.6) is 0 Å². The van der Waals surface area contributed by atoms with E-state index in [1.807, 2.05) is 32.1 Å². The van der Waals surface area contributed by atoms with Gasteiger partial charge in [-0.25, -0.2) is 9.98 Å². The average Bonchev–Trinajstić information content (AvgIpc) is 2.54. The molecule has 2 fully saturated rings. The monoisotopic (exact) mass is 341 g/mol. The number of anilines is 1. The highest BCUT2D eigenvalue weighted by molar-refractivity contribution is 5.91. The SMILES string of the molecule is CC(C)=C/C=N/C(N)=Nc1ccc(N2CCN(C3COC3)CC2)cc1. The number of nitrogens with two attached hydrogens (primary N) is 1. The van der Waals surface area contributed by atoms with Crippen LogP contribution in [0.1, 0.15) is 13.8 Å². The van der Waals surface area contributed by atoms with Crippen LogP contribution in [0.25, 0.3) is 0 Å². The first-order chi connectivity index (χ1) is 12.1. The molecule has 0 aliphatic carbocycles. The summed E-state index contributed by atoms with van der Waals surface area (Å²) in [5.74, 6) is 0.265. The maximum absolute atomic E-state index is 5.83. The summed E-state index contributed by atoms with van der Waals surface area (Å²) in [7, 11) is 0. The highest BCUT2D eigenvalue weighted by Crippen LogP contribution is 2.22. The molecule has 0 aromatic heterocycles. The normalized spacial score (nSPS) is 19.9. The van der Waals surface area contributed by atoms with Gasteiger partial charge in [-0.3, -0.25) is 4.90 Å². The van der Waals surface area contributed by atoms with Gasteiger partial charge in [0.25, 0.3) is 0 Å². The molecule has 2 N–H and O–H groups in total. The Kier molecular flexibility index (Phi) is 5.83. The maximum atomic E-state index is 5.83. The van der Waals surface area contributed by atoms with Gasteiger partial charge in [-0.2, -0.15) is 0 Å². The summed E-state index contributed by atoms with van der Waals surface area (Å²) < 4.78 is 5.29. The Hall–Kier alpha value is -2.18. The molecular weight excluding hydrogens is 314 g/mol. The van der Waals surface area contributed by atoms with Crippen LogP contribution >= 0.6 is 0 Å². The van der Waals surface area contributed by atoms with Crippen molar-refractivity contribution in [2.45, 2.75) is 19.9 Å². The lowest BCUT2D eigenvalue weighted by Crippen LogP contribution is -2.56. The Morgan fingerprint density at radius 1 is 1.12 bits per heavy atom. The van der Waals surface area contributed by atoms with Gasteiger partial charge in [0.05, 0.1) is 24.9 Å². The number of piperazine rings is 1. The van der Waals surface area contributed by atoms with Crippen LogP contribution in [0.15, 0.2) is 45.9 Å². The molecule has 2 heterocycles. The number of nitrogens with zero attached hydrogens (tertiary/aromatic N) is 4. The van der Waals surface area contributed by atoms with Crippen LogP contribution in [0, 0.1) is 0 Å². The molecule has 0 bridgehead atoms. The lowest BCUT2D eigenvalue weighted by Gasteiger charge is -2.43. The molecule has 0 saturated carbocycles. The third-order valence-electron chi connectivity index (χ3n) is 4.52. The molecule has 0 spiro atoms. The van der Waals surface area contributed by atoms with E-state index in [1.165, 1.54) is 11.3 Å². The second-order valence-corrected chi connectivity index (χ2v) is 6.72. The number of rotatable bonds is 4. The zero-order valence-electron chi connectivity index (χ0n) is 15.1. The van der Waals surface area contributed by atoms with Gasteiger partial charge < -0.3 is 15.4 Å². The van der Waals surface area contributed by atoms with Crippen LogP contribution in [0.4, 0.5) is 11.4 Å². The highest BCUT2D eigenvalue weighted by Gasteiger charge is 2.28. The van der Waals surface area contributed by atoms with Gasteiger partial charge in [0.2, 0.25) is 5.96 Å². The summed E-state index contributed by atoms with van der Waals surface area (Å²) in [4.78, 5) is 13.4. The number of ether oxygens (including phenoxy) is 1. The first kappa shape index (κ1) is 17.6. The molecule has 6 heteroatoms. The van der Waals surface area contributed by atoms with Crippen molar-refractivity contribution in [3.05, 3.63) is 35.9 Å². The van der Waals surface area contributed by atoms with Gasteiger partial charge >= 0.3 is 0 Å². The van der Waals surface area contributed by atoms with E-state index >= 15 is 0 Å². The maximum Gasteiger partial charge on any atom is 0.220 e. The predicted molar refractivity (Wildman–Crippen MR) is 104 cm³/mol. The molecule has 2 saturated heterocycles. The van der Waals surface area contributed by atoms with Gasteiger partial charge in [-0.05, 0) is 44.2 Å². The van der Waals surface area contributed by atoms with Crippen LogP contribution in [0.3, 0.4) is 0 Å². The lowest BCUT2D eigenvalue weighted by atomic mass is 10.1. The zero-order valence-corrected chi connectivity index (χ0v) is 15.1. The zero-order chi connectivity index (χ0) is 17.6. The predicted octanol–water partition coefficient (Wildman–Crippen LogP) is 2.19. The summed E-state index contributed by atoms with van der Waals surface area (Å²) in [5, 5.41) is 0. The Morgan fingerprint density at radius 3 is 2.36 bits per heavy atom. The van der Waals surface area contributed by atoms with E-state index in [0.29, 0.717) is 6.04 Å². The van der Waals surface area contributed by atoms with Crippen LogP contribution in [-0.4, -0.2) is 62.5 Å². The van der Waals surface area contributed by atoms with E-state index in [1.54, 1.807) is 6.21 Å². The first-order valence-corrected chi connectivity index (χ1v) is 8.80. The molecule has 0 amide bonds. The molecule has 0 unspecified atom stereocenters. The fraction of sp³-hybridized carbons (Fsp3) is 0.474. The van der Waals surface area contributed by atoms with E-state index in [4.69, 9.17) is 10.5 Å². The number of hydrogen-bond donors (Lipinski definition) is 1. The fourth-order valence-electron chi connectivity index (χ4n) is 2.94. The minimum absolute atomic E-state index is 0.265. The van der Waals surface area contributed by atoms with Crippen molar-refractivity contribution in [3.8, 4) is 0 Å². The van der Waals surface area contributed by atoms with Gasteiger partial charge in [0.15, 0.2) is 0 Å². The number of hydrogen-bond acceptors (Lipinski definition) is 4. The topological polar surface area (TPSA) is 66.5 Å². The van der Waals surface area contributed by atoms with Crippen molar-refractivity contribution in [1.29, 1.82) is 0 Å².